The zero-order chi connectivity index (χ0) is 17.4. The van der Waals surface area contributed by atoms with Crippen LogP contribution in [0.2, 0.25) is 0 Å². The number of imidazole rings is 1. The lowest BCUT2D eigenvalue weighted by Crippen LogP contribution is -2.16. The van der Waals surface area contributed by atoms with E-state index in [2.05, 4.69) is 10.3 Å². The Hall–Kier alpha value is -3.15. The van der Waals surface area contributed by atoms with E-state index in [1.807, 2.05) is 26.0 Å². The Balaban J connectivity index is 2.03. The molecule has 0 saturated carbocycles. The number of nitrogens with one attached hydrogen (secondary N) is 1. The number of aromatic nitrogens is 2. The second-order valence-electron chi connectivity index (χ2n) is 5.72. The first kappa shape index (κ1) is 15.7. The molecule has 0 aliphatic carbocycles. The van der Waals surface area contributed by atoms with Gasteiger partial charge < -0.3 is 10.4 Å². The summed E-state index contributed by atoms with van der Waals surface area (Å²) in [5, 5.41) is 11.9. The highest BCUT2D eigenvalue weighted by atomic mass is 16.4. The Morgan fingerprint density at radius 1 is 1.12 bits per heavy atom. The lowest BCUT2D eigenvalue weighted by molar-refractivity contribution is 0.0696. The summed E-state index contributed by atoms with van der Waals surface area (Å²) in [4.78, 5) is 28.3. The van der Waals surface area contributed by atoms with Gasteiger partial charge in [0.05, 0.1) is 11.3 Å². The van der Waals surface area contributed by atoms with E-state index in [0.717, 1.165) is 16.8 Å². The van der Waals surface area contributed by atoms with Crippen molar-refractivity contribution < 1.29 is 14.7 Å². The highest BCUT2D eigenvalue weighted by molar-refractivity contribution is 6.05. The molecule has 0 aliphatic heterocycles. The fourth-order valence-electron chi connectivity index (χ4n) is 2.66. The lowest BCUT2D eigenvalue weighted by atomic mass is 10.1. The van der Waals surface area contributed by atoms with Crippen molar-refractivity contribution in [2.45, 2.75) is 20.8 Å². The topological polar surface area (TPSA) is 83.7 Å². The van der Waals surface area contributed by atoms with Gasteiger partial charge in [0.1, 0.15) is 11.3 Å². The molecule has 1 amide bonds. The average molecular weight is 323 g/mol. The maximum Gasteiger partial charge on any atom is 0.335 e. The van der Waals surface area contributed by atoms with Gasteiger partial charge in [0.25, 0.3) is 5.91 Å². The van der Waals surface area contributed by atoms with Crippen molar-refractivity contribution in [2.24, 2.45) is 0 Å². The molecule has 6 heteroatoms. The van der Waals surface area contributed by atoms with Gasteiger partial charge in [-0.05, 0) is 50.1 Å². The molecule has 0 atom stereocenters. The molecular formula is C18H17N3O3. The number of benzene rings is 1. The van der Waals surface area contributed by atoms with Crippen molar-refractivity contribution in [1.82, 2.24) is 9.38 Å². The quantitative estimate of drug-likeness (QED) is 0.775. The van der Waals surface area contributed by atoms with Gasteiger partial charge in [-0.25, -0.2) is 9.78 Å². The van der Waals surface area contributed by atoms with E-state index in [1.165, 1.54) is 12.1 Å². The van der Waals surface area contributed by atoms with Gasteiger partial charge in [-0.1, -0.05) is 12.1 Å². The molecule has 0 bridgehead atoms. The number of rotatable bonds is 3. The molecule has 0 spiro atoms. The number of hydrogen-bond donors (Lipinski definition) is 2. The Kier molecular flexibility index (Phi) is 3.81. The third kappa shape index (κ3) is 2.62. The van der Waals surface area contributed by atoms with Gasteiger partial charge >= 0.3 is 5.97 Å². The minimum atomic E-state index is -1.04. The molecule has 122 valence electrons. The van der Waals surface area contributed by atoms with Crippen LogP contribution in [0, 0.1) is 20.8 Å². The second-order valence-corrected chi connectivity index (χ2v) is 5.72. The highest BCUT2D eigenvalue weighted by Gasteiger charge is 2.18. The smallest absolute Gasteiger partial charge is 0.335 e. The first-order valence-corrected chi connectivity index (χ1v) is 7.48. The summed E-state index contributed by atoms with van der Waals surface area (Å²) in [6.45, 7) is 5.53. The van der Waals surface area contributed by atoms with E-state index >= 15 is 0 Å². The largest absolute Gasteiger partial charge is 0.478 e. The summed E-state index contributed by atoms with van der Waals surface area (Å²) in [5.41, 5.74) is 4.15. The molecule has 3 aromatic rings. The summed E-state index contributed by atoms with van der Waals surface area (Å²) in [6.07, 6.45) is 1.79. The van der Waals surface area contributed by atoms with E-state index in [-0.39, 0.29) is 11.5 Å². The van der Waals surface area contributed by atoms with Crippen molar-refractivity contribution in [1.29, 1.82) is 0 Å². The zero-order valence-corrected chi connectivity index (χ0v) is 13.6. The molecule has 2 N–H and O–H groups in total. The first-order chi connectivity index (χ1) is 11.4. The first-order valence-electron chi connectivity index (χ1n) is 7.48. The summed E-state index contributed by atoms with van der Waals surface area (Å²) >= 11 is 0. The molecule has 0 aliphatic rings. The van der Waals surface area contributed by atoms with Crippen LogP contribution in [0.5, 0.6) is 0 Å². The van der Waals surface area contributed by atoms with E-state index in [0.29, 0.717) is 17.1 Å². The molecule has 6 nitrogen and oxygen atoms in total. The molecule has 24 heavy (non-hydrogen) atoms. The number of nitrogens with zero attached hydrogens (tertiary/aromatic N) is 2. The standard InChI is InChI=1S/C18H17N3O3/c1-10-6-7-13(18(23)24)9-14(10)20-17(22)15-12(3)19-16-11(2)5-4-8-21(15)16/h4-9H,1-3H3,(H,20,22)(H,23,24). The number of anilines is 1. The number of carbonyl (C=O) groups is 2. The monoisotopic (exact) mass is 323 g/mol. The Morgan fingerprint density at radius 2 is 1.88 bits per heavy atom. The van der Waals surface area contributed by atoms with Crippen molar-refractivity contribution in [3.8, 4) is 0 Å². The van der Waals surface area contributed by atoms with Crippen LogP contribution in [0.4, 0.5) is 5.69 Å². The minimum Gasteiger partial charge on any atom is -0.478 e. The van der Waals surface area contributed by atoms with Crippen LogP contribution in [0.1, 0.15) is 37.7 Å². The zero-order valence-electron chi connectivity index (χ0n) is 13.6. The SMILES string of the molecule is Cc1ccc(C(=O)O)cc1NC(=O)c1c(C)nc2c(C)cccn12. The molecule has 2 aromatic heterocycles. The lowest BCUT2D eigenvalue weighted by Gasteiger charge is -2.10. The van der Waals surface area contributed by atoms with Gasteiger partial charge in [-0.2, -0.15) is 0 Å². The number of aromatic carboxylic acids is 1. The van der Waals surface area contributed by atoms with Crippen molar-refractivity contribution in [3.63, 3.8) is 0 Å². The minimum absolute atomic E-state index is 0.126. The number of pyridine rings is 1. The number of fused-ring (bicyclic) bond motifs is 1. The molecule has 3 rings (SSSR count). The maximum atomic E-state index is 12.7. The predicted octanol–water partition coefficient (Wildman–Crippen LogP) is 3.21. The number of carbonyl (C=O) groups excluding carboxylic acids is 1. The fourth-order valence-corrected chi connectivity index (χ4v) is 2.66. The number of hydrogen-bond acceptors (Lipinski definition) is 3. The van der Waals surface area contributed by atoms with Gasteiger partial charge in [-0.3, -0.25) is 9.20 Å². The Morgan fingerprint density at radius 3 is 2.58 bits per heavy atom. The van der Waals surface area contributed by atoms with Crippen molar-refractivity contribution in [2.75, 3.05) is 5.32 Å². The molecule has 0 radical (unpaired) electrons. The van der Waals surface area contributed by atoms with Crippen LogP contribution in [0.3, 0.4) is 0 Å². The van der Waals surface area contributed by atoms with Crippen molar-refractivity contribution >= 4 is 23.2 Å². The van der Waals surface area contributed by atoms with Crippen LogP contribution in [-0.4, -0.2) is 26.4 Å². The van der Waals surface area contributed by atoms with Gasteiger partial charge in [0.2, 0.25) is 0 Å². The number of carboxylic acid groups (broad SMARTS) is 1. The molecule has 1 aromatic carbocycles. The van der Waals surface area contributed by atoms with Crippen LogP contribution < -0.4 is 5.32 Å². The van der Waals surface area contributed by atoms with Crippen LogP contribution >= 0.6 is 0 Å². The fraction of sp³-hybridized carbons (Fsp3) is 0.167. The third-order valence-corrected chi connectivity index (χ3v) is 3.97. The number of amides is 1. The number of carboxylic acids is 1. The highest BCUT2D eigenvalue weighted by Crippen LogP contribution is 2.20. The van der Waals surface area contributed by atoms with E-state index in [9.17, 15) is 9.59 Å². The average Bonchev–Trinajstić information content (AvgIpc) is 2.87. The Labute approximate surface area is 138 Å². The van der Waals surface area contributed by atoms with E-state index < -0.39 is 5.97 Å². The van der Waals surface area contributed by atoms with Gasteiger partial charge in [0.15, 0.2) is 0 Å². The predicted molar refractivity (Wildman–Crippen MR) is 90.8 cm³/mol. The molecule has 0 fully saturated rings. The van der Waals surface area contributed by atoms with Crippen molar-refractivity contribution in [3.05, 3.63) is 64.6 Å². The van der Waals surface area contributed by atoms with E-state index in [4.69, 9.17) is 5.11 Å². The summed E-state index contributed by atoms with van der Waals surface area (Å²) in [7, 11) is 0. The van der Waals surface area contributed by atoms with Crippen LogP contribution in [-0.2, 0) is 0 Å². The number of aryl methyl sites for hydroxylation is 3. The Bertz CT molecular complexity index is 973. The summed E-state index contributed by atoms with van der Waals surface area (Å²) in [5.74, 6) is -1.36. The van der Waals surface area contributed by atoms with Gasteiger partial charge in [-0.15, -0.1) is 0 Å². The molecule has 2 heterocycles. The normalized spacial score (nSPS) is 10.8. The summed E-state index contributed by atoms with van der Waals surface area (Å²) in [6, 6.07) is 8.43. The summed E-state index contributed by atoms with van der Waals surface area (Å²) < 4.78 is 1.75. The van der Waals surface area contributed by atoms with Crippen LogP contribution in [0.15, 0.2) is 36.5 Å². The molecule has 0 saturated heterocycles. The molecular weight excluding hydrogens is 306 g/mol. The third-order valence-electron chi connectivity index (χ3n) is 3.97. The van der Waals surface area contributed by atoms with E-state index in [1.54, 1.807) is 23.6 Å². The molecule has 0 unspecified atom stereocenters. The van der Waals surface area contributed by atoms with Gasteiger partial charge in [0, 0.05) is 11.9 Å². The maximum absolute atomic E-state index is 12.7. The second kappa shape index (κ2) is 5.81. The van der Waals surface area contributed by atoms with Crippen LogP contribution in [0.25, 0.3) is 5.65 Å².